The van der Waals surface area contributed by atoms with Crippen molar-refractivity contribution in [3.8, 4) is 0 Å². The molecule has 1 aliphatic rings. The Morgan fingerprint density at radius 1 is 1.35 bits per heavy atom. The van der Waals surface area contributed by atoms with Crippen molar-refractivity contribution in [1.82, 2.24) is 10.2 Å². The predicted octanol–water partition coefficient (Wildman–Crippen LogP) is 1.56. The van der Waals surface area contributed by atoms with Crippen LogP contribution in [-0.4, -0.2) is 54.9 Å². The third-order valence-electron chi connectivity index (χ3n) is 3.64. The van der Waals surface area contributed by atoms with Gasteiger partial charge in [-0.2, -0.15) is 0 Å². The van der Waals surface area contributed by atoms with Gasteiger partial charge in [-0.25, -0.2) is 4.79 Å². The number of carboxylic acids is 1. The number of likely N-dealkylation sites (tertiary alicyclic amines) is 1. The van der Waals surface area contributed by atoms with Crippen LogP contribution in [0.2, 0.25) is 0 Å². The van der Waals surface area contributed by atoms with Crippen molar-refractivity contribution < 1.29 is 19.4 Å². The van der Waals surface area contributed by atoms with Crippen LogP contribution in [-0.2, 0) is 9.53 Å². The first-order valence-electron chi connectivity index (χ1n) is 7.19. The van der Waals surface area contributed by atoms with Crippen molar-refractivity contribution >= 4 is 12.0 Å². The summed E-state index contributed by atoms with van der Waals surface area (Å²) in [5.74, 6) is -0.291. The summed E-state index contributed by atoms with van der Waals surface area (Å²) in [6.07, 6.45) is 0.999. The normalized spacial score (nSPS) is 18.1. The van der Waals surface area contributed by atoms with Crippen LogP contribution in [0.25, 0.3) is 0 Å². The van der Waals surface area contributed by atoms with E-state index in [9.17, 15) is 9.59 Å². The third-order valence-corrected chi connectivity index (χ3v) is 3.64. The van der Waals surface area contributed by atoms with Crippen molar-refractivity contribution in [2.45, 2.75) is 33.6 Å². The highest BCUT2D eigenvalue weighted by Crippen LogP contribution is 2.30. The molecule has 0 unspecified atom stereocenters. The first-order valence-corrected chi connectivity index (χ1v) is 7.19. The van der Waals surface area contributed by atoms with Crippen LogP contribution in [0.1, 0.15) is 33.6 Å². The molecule has 0 bridgehead atoms. The first-order chi connectivity index (χ1) is 9.35. The van der Waals surface area contributed by atoms with Crippen LogP contribution in [0.4, 0.5) is 4.79 Å². The molecule has 0 spiro atoms. The van der Waals surface area contributed by atoms with Gasteiger partial charge in [-0.3, -0.25) is 4.79 Å². The average Bonchev–Trinajstić information content (AvgIpc) is 2.38. The fraction of sp³-hybridized carbons (Fsp3) is 0.857. The van der Waals surface area contributed by atoms with Gasteiger partial charge in [0.25, 0.3) is 0 Å². The van der Waals surface area contributed by atoms with Crippen LogP contribution < -0.4 is 5.32 Å². The molecule has 0 aliphatic carbocycles. The van der Waals surface area contributed by atoms with Gasteiger partial charge in [0.05, 0.1) is 12.0 Å². The summed E-state index contributed by atoms with van der Waals surface area (Å²) in [6.45, 7) is 8.55. The second-order valence-corrected chi connectivity index (χ2v) is 6.05. The van der Waals surface area contributed by atoms with E-state index in [2.05, 4.69) is 19.2 Å². The van der Waals surface area contributed by atoms with Gasteiger partial charge >= 0.3 is 12.0 Å². The first kappa shape index (κ1) is 16.8. The monoisotopic (exact) mass is 286 g/mol. The molecule has 1 rings (SSSR count). The summed E-state index contributed by atoms with van der Waals surface area (Å²) in [4.78, 5) is 24.7. The minimum Gasteiger partial charge on any atom is -0.481 e. The highest BCUT2D eigenvalue weighted by molar-refractivity contribution is 5.76. The maximum Gasteiger partial charge on any atom is 0.317 e. The molecule has 0 aromatic carbocycles. The SMILES string of the molecule is CC(C)COCCNC(=O)N1CCC(C)(C(=O)O)CC1. The largest absolute Gasteiger partial charge is 0.481 e. The lowest BCUT2D eigenvalue weighted by Crippen LogP contribution is -2.49. The van der Waals surface area contributed by atoms with Crippen molar-refractivity contribution in [2.24, 2.45) is 11.3 Å². The fourth-order valence-corrected chi connectivity index (χ4v) is 2.08. The molecule has 2 N–H and O–H groups in total. The van der Waals surface area contributed by atoms with E-state index in [0.717, 1.165) is 0 Å². The van der Waals surface area contributed by atoms with Gasteiger partial charge in [0.15, 0.2) is 0 Å². The number of rotatable bonds is 6. The molecular weight excluding hydrogens is 260 g/mol. The summed E-state index contributed by atoms with van der Waals surface area (Å²) in [7, 11) is 0. The lowest BCUT2D eigenvalue weighted by atomic mass is 9.80. The van der Waals surface area contributed by atoms with Crippen molar-refractivity contribution in [2.75, 3.05) is 32.8 Å². The summed E-state index contributed by atoms with van der Waals surface area (Å²) < 4.78 is 5.39. The van der Waals surface area contributed by atoms with E-state index >= 15 is 0 Å². The fourth-order valence-electron chi connectivity index (χ4n) is 2.08. The summed E-state index contributed by atoms with van der Waals surface area (Å²) >= 11 is 0. The Balaban J connectivity index is 2.21. The van der Waals surface area contributed by atoms with Crippen molar-refractivity contribution in [3.05, 3.63) is 0 Å². The number of carboxylic acid groups (broad SMARTS) is 1. The topological polar surface area (TPSA) is 78.9 Å². The smallest absolute Gasteiger partial charge is 0.317 e. The molecule has 116 valence electrons. The lowest BCUT2D eigenvalue weighted by molar-refractivity contribution is -0.150. The molecule has 6 heteroatoms. The molecule has 0 aromatic rings. The Morgan fingerprint density at radius 3 is 2.45 bits per heavy atom. The number of hydrogen-bond donors (Lipinski definition) is 2. The molecule has 1 aliphatic heterocycles. The Bertz CT molecular complexity index is 336. The average molecular weight is 286 g/mol. The molecule has 20 heavy (non-hydrogen) atoms. The van der Waals surface area contributed by atoms with Gasteiger partial charge in [-0.05, 0) is 25.7 Å². The van der Waals surface area contributed by atoms with E-state index in [1.165, 1.54) is 0 Å². The minimum absolute atomic E-state index is 0.134. The molecule has 6 nitrogen and oxygen atoms in total. The Hall–Kier alpha value is -1.30. The van der Waals surface area contributed by atoms with Crippen LogP contribution in [0, 0.1) is 11.3 Å². The maximum atomic E-state index is 11.9. The Kier molecular flexibility index (Phi) is 6.26. The number of ether oxygens (including phenoxy) is 1. The second-order valence-electron chi connectivity index (χ2n) is 6.05. The number of aliphatic carboxylic acids is 1. The Labute approximate surface area is 120 Å². The summed E-state index contributed by atoms with van der Waals surface area (Å²) in [5, 5.41) is 11.9. The molecule has 2 amide bonds. The molecule has 0 aromatic heterocycles. The number of urea groups is 1. The lowest BCUT2D eigenvalue weighted by Gasteiger charge is -2.36. The van der Waals surface area contributed by atoms with Crippen LogP contribution in [0.3, 0.4) is 0 Å². The number of piperidine rings is 1. The van der Waals surface area contributed by atoms with Gasteiger partial charge in [0.2, 0.25) is 0 Å². The zero-order valence-corrected chi connectivity index (χ0v) is 12.6. The zero-order valence-electron chi connectivity index (χ0n) is 12.6. The van der Waals surface area contributed by atoms with Crippen molar-refractivity contribution in [1.29, 1.82) is 0 Å². The molecule has 0 atom stereocenters. The van der Waals surface area contributed by atoms with Crippen LogP contribution in [0.15, 0.2) is 0 Å². The number of amides is 2. The van der Waals surface area contributed by atoms with E-state index in [1.54, 1.807) is 11.8 Å². The molecule has 0 saturated carbocycles. The molecule has 1 saturated heterocycles. The van der Waals surface area contributed by atoms with E-state index < -0.39 is 11.4 Å². The van der Waals surface area contributed by atoms with Gasteiger partial charge < -0.3 is 20.1 Å². The molecule has 1 fully saturated rings. The predicted molar refractivity (Wildman–Crippen MR) is 75.6 cm³/mol. The quantitative estimate of drug-likeness (QED) is 0.726. The van der Waals surface area contributed by atoms with Crippen molar-refractivity contribution in [3.63, 3.8) is 0 Å². The Morgan fingerprint density at radius 2 is 1.95 bits per heavy atom. The third kappa shape index (κ3) is 5.00. The zero-order chi connectivity index (χ0) is 15.2. The van der Waals surface area contributed by atoms with E-state index in [4.69, 9.17) is 9.84 Å². The summed E-state index contributed by atoms with van der Waals surface area (Å²) in [6, 6.07) is -0.134. The van der Waals surface area contributed by atoms with Gasteiger partial charge in [0, 0.05) is 26.2 Å². The minimum atomic E-state index is -0.778. The number of carbonyl (C=O) groups excluding carboxylic acids is 1. The number of hydrogen-bond acceptors (Lipinski definition) is 3. The highest BCUT2D eigenvalue weighted by Gasteiger charge is 2.37. The number of nitrogens with one attached hydrogen (secondary N) is 1. The highest BCUT2D eigenvalue weighted by atomic mass is 16.5. The van der Waals surface area contributed by atoms with E-state index in [0.29, 0.717) is 51.6 Å². The molecular formula is C14H26N2O4. The second kappa shape index (κ2) is 7.47. The molecule has 1 heterocycles. The van der Waals surface area contributed by atoms with Crippen LogP contribution in [0.5, 0.6) is 0 Å². The molecule has 0 radical (unpaired) electrons. The van der Waals surface area contributed by atoms with E-state index in [-0.39, 0.29) is 6.03 Å². The maximum absolute atomic E-state index is 11.9. The van der Waals surface area contributed by atoms with Gasteiger partial charge in [-0.15, -0.1) is 0 Å². The summed E-state index contributed by atoms with van der Waals surface area (Å²) in [5.41, 5.74) is -0.697. The van der Waals surface area contributed by atoms with Crippen LogP contribution >= 0.6 is 0 Å². The van der Waals surface area contributed by atoms with Gasteiger partial charge in [-0.1, -0.05) is 13.8 Å². The number of nitrogens with zero attached hydrogens (tertiary/aromatic N) is 1. The van der Waals surface area contributed by atoms with Gasteiger partial charge in [0.1, 0.15) is 0 Å². The standard InChI is InChI=1S/C14H26N2O4/c1-11(2)10-20-9-6-15-13(19)16-7-4-14(3,5-8-16)12(17)18/h11H,4-10H2,1-3H3,(H,15,19)(H,17,18). The van der Waals surface area contributed by atoms with E-state index in [1.807, 2.05) is 0 Å². The number of carbonyl (C=O) groups is 2.